The van der Waals surface area contributed by atoms with Crippen molar-refractivity contribution in [3.63, 3.8) is 0 Å². The number of terminal acetylenes is 1. The highest BCUT2D eigenvalue weighted by molar-refractivity contribution is 8.02. The van der Waals surface area contributed by atoms with Crippen LogP contribution in [0.2, 0.25) is 0 Å². The van der Waals surface area contributed by atoms with Crippen LogP contribution in [-0.4, -0.2) is 46.8 Å². The molecule has 1 fully saturated rings. The van der Waals surface area contributed by atoms with E-state index >= 15 is 0 Å². The summed E-state index contributed by atoms with van der Waals surface area (Å²) in [6, 6.07) is -0.663. The molecule has 2 N–H and O–H groups in total. The number of carbonyl (C=O) groups is 2. The van der Waals surface area contributed by atoms with Gasteiger partial charge in [0.1, 0.15) is 6.04 Å². The Morgan fingerprint density at radius 3 is 2.58 bits per heavy atom. The van der Waals surface area contributed by atoms with Gasteiger partial charge in [0.15, 0.2) is 0 Å². The number of nitrogens with zero attached hydrogens (tertiary/aromatic N) is 1. The number of allylic oxidation sites excluding steroid dienone is 4. The van der Waals surface area contributed by atoms with Gasteiger partial charge in [-0.15, -0.1) is 18.2 Å². The number of hydrogen-bond acceptors (Lipinski definition) is 4. The van der Waals surface area contributed by atoms with Gasteiger partial charge in [-0.1, -0.05) is 31.1 Å². The van der Waals surface area contributed by atoms with Crippen molar-refractivity contribution in [1.82, 2.24) is 10.2 Å². The van der Waals surface area contributed by atoms with Crippen LogP contribution in [0.4, 0.5) is 0 Å². The molecule has 1 aliphatic carbocycles. The maximum absolute atomic E-state index is 13.0. The molecule has 0 bridgehead atoms. The molecular formula is C20H28N2O3S. The minimum absolute atomic E-state index is 0.108. The van der Waals surface area contributed by atoms with Gasteiger partial charge < -0.3 is 10.4 Å². The first-order valence-corrected chi connectivity index (χ1v) is 9.97. The molecule has 1 unspecified atom stereocenters. The van der Waals surface area contributed by atoms with Crippen LogP contribution < -0.4 is 5.32 Å². The van der Waals surface area contributed by atoms with Crippen molar-refractivity contribution in [2.45, 2.75) is 51.6 Å². The summed E-state index contributed by atoms with van der Waals surface area (Å²) in [5, 5.41) is 12.0. The van der Waals surface area contributed by atoms with Crippen LogP contribution in [0.1, 0.15) is 39.5 Å². The normalized spacial score (nSPS) is 17.2. The second-order valence-electron chi connectivity index (χ2n) is 6.03. The van der Waals surface area contributed by atoms with Gasteiger partial charge >= 0.3 is 5.91 Å². The third-order valence-corrected chi connectivity index (χ3v) is 5.23. The number of aliphatic hydroxyl groups is 1. The highest BCUT2D eigenvalue weighted by atomic mass is 32.2. The van der Waals surface area contributed by atoms with Crippen LogP contribution in [0.15, 0.2) is 34.9 Å². The first-order chi connectivity index (χ1) is 12.5. The standard InChI is InChI=1S/C20H28N2O3S/c1-5-17(26-4)19(20(25)21-16-12-7-8-13-16)22(18(24)6-2)15(3)11-9-10-14-23/h2,5,9-11,16,19,23H,7-8,12-14H2,1,3-4H3,(H,21,25)/b10-9-,15-11+,17-5-. The van der Waals surface area contributed by atoms with Crippen molar-refractivity contribution in [2.24, 2.45) is 0 Å². The maximum Gasteiger partial charge on any atom is 0.303 e. The summed E-state index contributed by atoms with van der Waals surface area (Å²) in [4.78, 5) is 27.6. The summed E-state index contributed by atoms with van der Waals surface area (Å²) in [5.41, 5.74) is 0.539. The van der Waals surface area contributed by atoms with Gasteiger partial charge in [-0.2, -0.15) is 0 Å². The van der Waals surface area contributed by atoms with Gasteiger partial charge in [0.2, 0.25) is 5.91 Å². The Kier molecular flexibility index (Phi) is 9.85. The van der Waals surface area contributed by atoms with Gasteiger partial charge in [-0.3, -0.25) is 14.5 Å². The molecule has 142 valence electrons. The zero-order valence-corrected chi connectivity index (χ0v) is 16.5. The molecule has 1 atom stereocenters. The van der Waals surface area contributed by atoms with Crippen LogP contribution in [0.5, 0.6) is 0 Å². The van der Waals surface area contributed by atoms with Crippen LogP contribution >= 0.6 is 11.8 Å². The van der Waals surface area contributed by atoms with Crippen LogP contribution in [0, 0.1) is 12.3 Å². The topological polar surface area (TPSA) is 69.6 Å². The molecule has 0 aromatic carbocycles. The largest absolute Gasteiger partial charge is 0.392 e. The molecular weight excluding hydrogens is 348 g/mol. The van der Waals surface area contributed by atoms with E-state index in [-0.39, 0.29) is 18.6 Å². The average Bonchev–Trinajstić information content (AvgIpc) is 3.14. The van der Waals surface area contributed by atoms with E-state index in [0.717, 1.165) is 30.6 Å². The molecule has 0 aromatic rings. The van der Waals surface area contributed by atoms with Crippen molar-refractivity contribution in [1.29, 1.82) is 0 Å². The van der Waals surface area contributed by atoms with E-state index in [1.165, 1.54) is 16.7 Å². The SMILES string of the molecule is C#CC(=O)N(/C(C)=C/C=C\CO)C(C(=O)NC1CCCC1)/C(=C/C)SC. The molecule has 0 aromatic heterocycles. The monoisotopic (exact) mass is 376 g/mol. The summed E-state index contributed by atoms with van der Waals surface area (Å²) in [5.74, 6) is 1.33. The van der Waals surface area contributed by atoms with Gasteiger partial charge in [0.25, 0.3) is 0 Å². The fourth-order valence-corrected chi connectivity index (χ4v) is 3.68. The highest BCUT2D eigenvalue weighted by Crippen LogP contribution is 2.26. The second kappa shape index (κ2) is 11.6. The first kappa shape index (κ1) is 22.1. The minimum atomic E-state index is -0.807. The average molecular weight is 377 g/mol. The lowest BCUT2D eigenvalue weighted by atomic mass is 10.1. The molecule has 2 amide bonds. The van der Waals surface area contributed by atoms with Gasteiger partial charge in [0.05, 0.1) is 6.61 Å². The van der Waals surface area contributed by atoms with E-state index in [9.17, 15) is 9.59 Å². The molecule has 0 radical (unpaired) electrons. The number of hydrogen-bond donors (Lipinski definition) is 2. The third-order valence-electron chi connectivity index (χ3n) is 4.30. The van der Waals surface area contributed by atoms with Crippen molar-refractivity contribution in [3.05, 3.63) is 34.9 Å². The van der Waals surface area contributed by atoms with E-state index in [1.807, 2.05) is 19.3 Å². The smallest absolute Gasteiger partial charge is 0.303 e. The molecule has 1 rings (SSSR count). The fourth-order valence-electron chi connectivity index (χ4n) is 3.01. The first-order valence-electron chi connectivity index (χ1n) is 8.74. The Morgan fingerprint density at radius 2 is 2.08 bits per heavy atom. The fraction of sp³-hybridized carbons (Fsp3) is 0.500. The lowest BCUT2D eigenvalue weighted by Crippen LogP contribution is -2.51. The van der Waals surface area contributed by atoms with Crippen molar-refractivity contribution < 1.29 is 14.7 Å². The Bertz CT molecular complexity index is 625. The Morgan fingerprint density at radius 1 is 1.42 bits per heavy atom. The Balaban J connectivity index is 3.25. The molecule has 0 heterocycles. The number of carbonyl (C=O) groups excluding carboxylic acids is 2. The quantitative estimate of drug-likeness (QED) is 0.505. The highest BCUT2D eigenvalue weighted by Gasteiger charge is 2.34. The zero-order valence-electron chi connectivity index (χ0n) is 15.7. The van der Waals surface area contributed by atoms with E-state index < -0.39 is 11.9 Å². The molecule has 0 saturated heterocycles. The number of aliphatic hydroxyl groups excluding tert-OH is 1. The van der Waals surface area contributed by atoms with Crippen molar-refractivity contribution in [2.75, 3.05) is 12.9 Å². The Labute approximate surface area is 160 Å². The molecule has 6 heteroatoms. The van der Waals surface area contributed by atoms with E-state index in [2.05, 4.69) is 11.2 Å². The van der Waals surface area contributed by atoms with E-state index in [0.29, 0.717) is 5.70 Å². The molecule has 1 aliphatic rings. The minimum Gasteiger partial charge on any atom is -0.392 e. The van der Waals surface area contributed by atoms with Gasteiger partial charge in [-0.25, -0.2) is 0 Å². The van der Waals surface area contributed by atoms with E-state index in [1.54, 1.807) is 25.2 Å². The van der Waals surface area contributed by atoms with Crippen molar-refractivity contribution >= 4 is 23.6 Å². The number of rotatable bonds is 8. The second-order valence-corrected chi connectivity index (χ2v) is 6.91. The lowest BCUT2D eigenvalue weighted by Gasteiger charge is -2.32. The summed E-state index contributed by atoms with van der Waals surface area (Å²) in [6.45, 7) is 3.45. The predicted octanol–water partition coefficient (Wildman–Crippen LogP) is 2.59. The Hall–Kier alpha value is -1.97. The summed E-state index contributed by atoms with van der Waals surface area (Å²) in [7, 11) is 0. The van der Waals surface area contributed by atoms with Crippen molar-refractivity contribution in [3.8, 4) is 12.3 Å². The maximum atomic E-state index is 13.0. The molecule has 5 nitrogen and oxygen atoms in total. The van der Waals surface area contributed by atoms with Gasteiger partial charge in [-0.05, 0) is 44.9 Å². The summed E-state index contributed by atoms with van der Waals surface area (Å²) < 4.78 is 0. The number of nitrogens with one attached hydrogen (secondary N) is 1. The van der Waals surface area contributed by atoms with Gasteiger partial charge in [0, 0.05) is 16.6 Å². The summed E-state index contributed by atoms with van der Waals surface area (Å²) >= 11 is 1.42. The molecule has 1 saturated carbocycles. The van der Waals surface area contributed by atoms with Crippen LogP contribution in [0.3, 0.4) is 0 Å². The third kappa shape index (κ3) is 6.08. The zero-order chi connectivity index (χ0) is 19.5. The van der Waals surface area contributed by atoms with E-state index in [4.69, 9.17) is 11.5 Å². The molecule has 0 aliphatic heterocycles. The number of amides is 2. The predicted molar refractivity (Wildman–Crippen MR) is 107 cm³/mol. The lowest BCUT2D eigenvalue weighted by molar-refractivity contribution is -0.133. The molecule has 26 heavy (non-hydrogen) atoms. The van der Waals surface area contributed by atoms with Crippen LogP contribution in [0.25, 0.3) is 0 Å². The number of thioether (sulfide) groups is 1. The summed E-state index contributed by atoms with van der Waals surface area (Å²) in [6.07, 6.45) is 18.0. The van der Waals surface area contributed by atoms with Crippen LogP contribution in [-0.2, 0) is 9.59 Å². The molecule has 0 spiro atoms.